The molecular weight excluding hydrogens is 532 g/mol. The van der Waals surface area contributed by atoms with Gasteiger partial charge in [0.05, 0.1) is 25.9 Å². The third-order valence-corrected chi connectivity index (χ3v) is 7.02. The van der Waals surface area contributed by atoms with E-state index in [4.69, 9.17) is 35.2 Å². The van der Waals surface area contributed by atoms with Crippen molar-refractivity contribution in [2.45, 2.75) is 49.1 Å². The smallest absolute Gasteiger partial charge is 0.167 e. The summed E-state index contributed by atoms with van der Waals surface area (Å²) in [5.74, 6) is 0.400. The number of imidazole rings is 2. The van der Waals surface area contributed by atoms with Crippen LogP contribution in [0.25, 0.3) is 22.3 Å². The van der Waals surface area contributed by atoms with Gasteiger partial charge in [0.2, 0.25) is 0 Å². The molecule has 4 aromatic rings. The third kappa shape index (κ3) is 4.39. The lowest BCUT2D eigenvalue weighted by Crippen LogP contribution is -2.38. The SMILES string of the molecule is COC1C(O)[C@@H](COCOC2C(O)[C@H](n3cnc4c(N)ncnc43)O[C@@H]2CO)O[C@H]1n1cnc2c(N)ncnc21. The molecule has 0 saturated carbocycles. The fourth-order valence-electron chi connectivity index (χ4n) is 5.04. The number of aliphatic hydroxyl groups is 3. The summed E-state index contributed by atoms with van der Waals surface area (Å²) in [5.41, 5.74) is 13.3. The number of anilines is 2. The van der Waals surface area contributed by atoms with E-state index in [0.29, 0.717) is 22.3 Å². The van der Waals surface area contributed by atoms with Crippen molar-refractivity contribution in [1.82, 2.24) is 39.0 Å². The molecular formula is C22H28N10O8. The van der Waals surface area contributed by atoms with E-state index >= 15 is 0 Å². The number of fused-ring (bicyclic) bond motifs is 2. The zero-order valence-corrected chi connectivity index (χ0v) is 21.2. The first-order chi connectivity index (χ1) is 19.4. The summed E-state index contributed by atoms with van der Waals surface area (Å²) in [7, 11) is 1.45. The molecule has 0 aliphatic carbocycles. The predicted octanol–water partition coefficient (Wildman–Crippen LogP) is -2.29. The van der Waals surface area contributed by atoms with Crippen molar-refractivity contribution < 1.29 is 39.0 Å². The highest BCUT2D eigenvalue weighted by Gasteiger charge is 2.47. The van der Waals surface area contributed by atoms with E-state index in [1.807, 2.05) is 0 Å². The van der Waals surface area contributed by atoms with E-state index in [-0.39, 0.29) is 25.0 Å². The van der Waals surface area contributed by atoms with E-state index in [2.05, 4.69) is 29.9 Å². The van der Waals surface area contributed by atoms with Gasteiger partial charge in [-0.25, -0.2) is 29.9 Å². The van der Waals surface area contributed by atoms with Crippen molar-refractivity contribution in [2.24, 2.45) is 0 Å². The van der Waals surface area contributed by atoms with Crippen LogP contribution in [0.15, 0.2) is 25.3 Å². The molecule has 40 heavy (non-hydrogen) atoms. The Bertz CT molecular complexity index is 1480. The minimum atomic E-state index is -1.20. The van der Waals surface area contributed by atoms with Crippen LogP contribution in [0.5, 0.6) is 0 Å². The summed E-state index contributed by atoms with van der Waals surface area (Å²) in [6.07, 6.45) is -1.82. The van der Waals surface area contributed by atoms with Gasteiger partial charge in [0, 0.05) is 7.11 Å². The maximum Gasteiger partial charge on any atom is 0.167 e. The Labute approximate surface area is 225 Å². The van der Waals surface area contributed by atoms with Gasteiger partial charge < -0.3 is 50.5 Å². The van der Waals surface area contributed by atoms with E-state index in [9.17, 15) is 15.3 Å². The number of aliphatic hydroxyl groups excluding tert-OH is 3. The second-order valence-corrected chi connectivity index (χ2v) is 9.28. The van der Waals surface area contributed by atoms with Crippen LogP contribution in [-0.2, 0) is 23.7 Å². The lowest BCUT2D eigenvalue weighted by Gasteiger charge is -2.21. The van der Waals surface area contributed by atoms with Gasteiger partial charge in [0.1, 0.15) is 67.1 Å². The number of ether oxygens (including phenoxy) is 5. The van der Waals surface area contributed by atoms with E-state index < -0.39 is 55.7 Å². The summed E-state index contributed by atoms with van der Waals surface area (Å²) in [5, 5.41) is 31.6. The predicted molar refractivity (Wildman–Crippen MR) is 133 cm³/mol. The maximum absolute atomic E-state index is 11.0. The second-order valence-electron chi connectivity index (χ2n) is 9.28. The molecule has 8 atom stereocenters. The van der Waals surface area contributed by atoms with E-state index in [1.54, 1.807) is 4.57 Å². The van der Waals surface area contributed by atoms with Gasteiger partial charge in [0.15, 0.2) is 35.4 Å². The van der Waals surface area contributed by atoms with Crippen LogP contribution in [-0.4, -0.2) is 118 Å². The van der Waals surface area contributed by atoms with Crippen LogP contribution in [0.3, 0.4) is 0 Å². The number of aromatic nitrogens is 8. The van der Waals surface area contributed by atoms with E-state index in [1.165, 1.54) is 37.0 Å². The van der Waals surface area contributed by atoms with Crippen molar-refractivity contribution in [3.63, 3.8) is 0 Å². The van der Waals surface area contributed by atoms with E-state index in [0.717, 1.165) is 0 Å². The van der Waals surface area contributed by atoms with Crippen LogP contribution in [0.4, 0.5) is 11.6 Å². The number of hydrogen-bond donors (Lipinski definition) is 5. The highest BCUT2D eigenvalue weighted by atomic mass is 16.7. The van der Waals surface area contributed by atoms with Crippen LogP contribution in [0, 0.1) is 0 Å². The van der Waals surface area contributed by atoms with Crippen molar-refractivity contribution in [3.8, 4) is 0 Å². The number of methoxy groups -OCH3 is 1. The van der Waals surface area contributed by atoms with Crippen molar-refractivity contribution in [3.05, 3.63) is 25.3 Å². The number of rotatable bonds is 9. The molecule has 214 valence electrons. The first-order valence-electron chi connectivity index (χ1n) is 12.3. The molecule has 6 heterocycles. The number of nitrogens with two attached hydrogens (primary N) is 2. The monoisotopic (exact) mass is 560 g/mol. The lowest BCUT2D eigenvalue weighted by atomic mass is 10.1. The fourth-order valence-corrected chi connectivity index (χ4v) is 5.04. The molecule has 2 fully saturated rings. The topological polar surface area (TPSA) is 246 Å². The van der Waals surface area contributed by atoms with Gasteiger partial charge in [-0.05, 0) is 0 Å². The number of hydrogen-bond acceptors (Lipinski definition) is 16. The Hall–Kier alpha value is -3.62. The molecule has 7 N–H and O–H groups in total. The minimum Gasteiger partial charge on any atom is -0.394 e. The molecule has 4 aromatic heterocycles. The van der Waals surface area contributed by atoms with Crippen molar-refractivity contribution in [1.29, 1.82) is 0 Å². The highest BCUT2D eigenvalue weighted by Crippen LogP contribution is 2.35. The van der Waals surface area contributed by atoms with Gasteiger partial charge in [-0.1, -0.05) is 0 Å². The Morgan fingerprint density at radius 1 is 0.825 bits per heavy atom. The fraction of sp³-hybridized carbons (Fsp3) is 0.545. The van der Waals surface area contributed by atoms with Crippen LogP contribution < -0.4 is 11.5 Å². The Morgan fingerprint density at radius 3 is 2.02 bits per heavy atom. The first kappa shape index (κ1) is 26.6. The Morgan fingerprint density at radius 2 is 1.43 bits per heavy atom. The standard InChI is InChI=1S/C22H28N10O8/c1-36-16-13(34)10(40-22(16)32-7-30-12-18(24)26-5-28-20(12)32)3-37-8-38-15-9(2-33)39-21(14(15)35)31-6-29-11-17(23)25-4-27-19(11)31/h4-7,9-10,13-16,21-22,33-35H,2-3,8H2,1H3,(H2,23,25,27)(H2,24,26,28)/t9-,10-,13?,14?,15?,16?,21-,22-/m1/s1. The summed E-state index contributed by atoms with van der Waals surface area (Å²) < 4.78 is 31.8. The average Bonchev–Trinajstić information content (AvgIpc) is 3.71. The molecule has 18 heteroatoms. The summed E-state index contributed by atoms with van der Waals surface area (Å²) in [6.45, 7) is -0.780. The van der Waals surface area contributed by atoms with Gasteiger partial charge in [0.25, 0.3) is 0 Å². The zero-order valence-electron chi connectivity index (χ0n) is 21.2. The van der Waals surface area contributed by atoms with Crippen LogP contribution in [0.1, 0.15) is 12.5 Å². The molecule has 0 radical (unpaired) electrons. The molecule has 18 nitrogen and oxygen atoms in total. The molecule has 2 aliphatic rings. The molecule has 0 bridgehead atoms. The average molecular weight is 561 g/mol. The lowest BCUT2D eigenvalue weighted by molar-refractivity contribution is -0.152. The molecule has 2 aliphatic heterocycles. The first-order valence-corrected chi connectivity index (χ1v) is 12.3. The third-order valence-electron chi connectivity index (χ3n) is 7.02. The van der Waals surface area contributed by atoms with Crippen molar-refractivity contribution >= 4 is 34.0 Å². The second kappa shape index (κ2) is 10.7. The molecule has 6 rings (SSSR count). The molecule has 0 aromatic carbocycles. The Balaban J connectivity index is 1.09. The summed E-state index contributed by atoms with van der Waals surface area (Å²) in [6, 6.07) is 0. The van der Waals surface area contributed by atoms with Crippen LogP contribution >= 0.6 is 0 Å². The summed E-state index contributed by atoms with van der Waals surface area (Å²) >= 11 is 0. The van der Waals surface area contributed by atoms with Crippen LogP contribution in [0.2, 0.25) is 0 Å². The normalized spacial score (nSPS) is 30.6. The maximum atomic E-state index is 11.0. The van der Waals surface area contributed by atoms with Gasteiger partial charge >= 0.3 is 0 Å². The summed E-state index contributed by atoms with van der Waals surface area (Å²) in [4.78, 5) is 24.6. The van der Waals surface area contributed by atoms with Gasteiger partial charge in [-0.3, -0.25) is 9.13 Å². The molecule has 0 amide bonds. The molecule has 4 unspecified atom stereocenters. The Kier molecular flexibility index (Phi) is 7.15. The quantitative estimate of drug-likeness (QED) is 0.107. The molecule has 2 saturated heterocycles. The minimum absolute atomic E-state index is 0.0689. The number of nitrogen functional groups attached to an aromatic ring is 2. The highest BCUT2D eigenvalue weighted by molar-refractivity contribution is 5.81. The van der Waals surface area contributed by atoms with Gasteiger partial charge in [-0.15, -0.1) is 0 Å². The number of nitrogens with zero attached hydrogens (tertiary/aromatic N) is 8. The molecule has 0 spiro atoms. The largest absolute Gasteiger partial charge is 0.394 e. The zero-order chi connectivity index (χ0) is 28.0. The van der Waals surface area contributed by atoms with Crippen molar-refractivity contribution in [2.75, 3.05) is 38.6 Å². The van der Waals surface area contributed by atoms with Gasteiger partial charge in [-0.2, -0.15) is 0 Å².